The van der Waals surface area contributed by atoms with Gasteiger partial charge in [0.05, 0.1) is 18.1 Å². The van der Waals surface area contributed by atoms with Gasteiger partial charge in [-0.3, -0.25) is 9.69 Å². The van der Waals surface area contributed by atoms with Crippen LogP contribution < -0.4 is 0 Å². The van der Waals surface area contributed by atoms with Gasteiger partial charge >= 0.3 is 0 Å². The highest BCUT2D eigenvalue weighted by Crippen LogP contribution is 2.25. The number of carbonyl (C=O) groups is 1. The normalized spacial score (nSPS) is 21.5. The molecule has 7 heteroatoms. The molecule has 0 aliphatic carbocycles. The molecule has 0 bridgehead atoms. The lowest BCUT2D eigenvalue weighted by atomic mass is 9.89. The summed E-state index contributed by atoms with van der Waals surface area (Å²) in [6.07, 6.45) is 3.18. The fourth-order valence-electron chi connectivity index (χ4n) is 3.90. The number of ether oxygens (including phenoxy) is 1. The Morgan fingerprint density at radius 2 is 1.65 bits per heavy atom. The zero-order chi connectivity index (χ0) is 18.7. The summed E-state index contributed by atoms with van der Waals surface area (Å²) in [5.41, 5.74) is 0.553. The zero-order valence-electron chi connectivity index (χ0n) is 15.6. The molecular weight excluding hydrogens is 352 g/mol. The van der Waals surface area contributed by atoms with E-state index in [9.17, 15) is 13.2 Å². The van der Waals surface area contributed by atoms with Crippen LogP contribution in [0.2, 0.25) is 0 Å². The average molecular weight is 381 g/mol. The van der Waals surface area contributed by atoms with Crippen LogP contribution in [-0.4, -0.2) is 75.8 Å². The maximum atomic E-state index is 12.7. The van der Waals surface area contributed by atoms with E-state index in [2.05, 4.69) is 11.8 Å². The van der Waals surface area contributed by atoms with Crippen molar-refractivity contribution in [1.29, 1.82) is 0 Å². The lowest BCUT2D eigenvalue weighted by Crippen LogP contribution is -2.49. The summed E-state index contributed by atoms with van der Waals surface area (Å²) in [7, 11) is -3.24. The molecule has 1 unspecified atom stereocenters. The first-order valence-electron chi connectivity index (χ1n) is 9.27. The predicted molar refractivity (Wildman–Crippen MR) is 100 cm³/mol. The van der Waals surface area contributed by atoms with Gasteiger partial charge in [0.15, 0.2) is 9.84 Å². The van der Waals surface area contributed by atoms with Crippen LogP contribution in [-0.2, 0) is 14.6 Å². The maximum Gasteiger partial charge on any atom is 0.253 e. The second-order valence-electron chi connectivity index (χ2n) is 7.32. The molecule has 2 saturated heterocycles. The van der Waals surface area contributed by atoms with Gasteiger partial charge in [0, 0.05) is 44.0 Å². The fourth-order valence-corrected chi connectivity index (χ4v) is 4.53. The van der Waals surface area contributed by atoms with Crippen LogP contribution in [0.4, 0.5) is 0 Å². The number of rotatable bonds is 4. The molecular formula is C19H28N2O4S. The van der Waals surface area contributed by atoms with Crippen molar-refractivity contribution in [3.63, 3.8) is 0 Å². The van der Waals surface area contributed by atoms with Crippen LogP contribution in [0.1, 0.15) is 30.1 Å². The molecule has 3 rings (SSSR count). The number of hydrogen-bond donors (Lipinski definition) is 0. The van der Waals surface area contributed by atoms with Gasteiger partial charge < -0.3 is 9.64 Å². The molecule has 0 N–H and O–H groups in total. The number of likely N-dealkylation sites (tertiary alicyclic amines) is 1. The Kier molecular flexibility index (Phi) is 5.99. The molecule has 144 valence electrons. The molecule has 0 radical (unpaired) electrons. The van der Waals surface area contributed by atoms with Crippen molar-refractivity contribution in [1.82, 2.24) is 9.80 Å². The van der Waals surface area contributed by atoms with Crippen molar-refractivity contribution < 1.29 is 17.9 Å². The Bertz CT molecular complexity index is 718. The van der Waals surface area contributed by atoms with E-state index >= 15 is 0 Å². The zero-order valence-corrected chi connectivity index (χ0v) is 16.4. The SMILES string of the molecule is CC(C1CCN(C(=O)c2ccc(S(C)(=O)=O)cc2)CC1)N1CCOCC1. The first kappa shape index (κ1) is 19.3. The van der Waals surface area contributed by atoms with Crippen molar-refractivity contribution in [2.45, 2.75) is 30.7 Å². The van der Waals surface area contributed by atoms with Crippen LogP contribution in [0, 0.1) is 5.92 Å². The smallest absolute Gasteiger partial charge is 0.253 e. The minimum absolute atomic E-state index is 0.0115. The average Bonchev–Trinajstić information content (AvgIpc) is 2.67. The Labute approximate surface area is 156 Å². The van der Waals surface area contributed by atoms with Crippen molar-refractivity contribution in [2.75, 3.05) is 45.6 Å². The van der Waals surface area contributed by atoms with Crippen molar-refractivity contribution in [3.8, 4) is 0 Å². The summed E-state index contributed by atoms with van der Waals surface area (Å²) in [4.78, 5) is 17.3. The van der Waals surface area contributed by atoms with E-state index in [0.717, 1.165) is 52.2 Å². The largest absolute Gasteiger partial charge is 0.379 e. The third-order valence-corrected chi connectivity index (χ3v) is 6.79. The minimum atomic E-state index is -3.24. The summed E-state index contributed by atoms with van der Waals surface area (Å²) in [5, 5.41) is 0. The molecule has 0 saturated carbocycles. The van der Waals surface area contributed by atoms with Crippen LogP contribution in [0.3, 0.4) is 0 Å². The summed E-state index contributed by atoms with van der Waals surface area (Å²) in [5.74, 6) is 0.590. The molecule has 1 aromatic carbocycles. The fraction of sp³-hybridized carbons (Fsp3) is 0.632. The number of carbonyl (C=O) groups excluding carboxylic acids is 1. The number of amides is 1. The van der Waals surface area contributed by atoms with E-state index in [1.807, 2.05) is 4.90 Å². The number of sulfone groups is 1. The summed E-state index contributed by atoms with van der Waals surface area (Å²) >= 11 is 0. The molecule has 2 aliphatic rings. The molecule has 1 atom stereocenters. The highest BCUT2D eigenvalue weighted by Gasteiger charge is 2.30. The summed E-state index contributed by atoms with van der Waals surface area (Å²) < 4.78 is 28.5. The monoisotopic (exact) mass is 380 g/mol. The Morgan fingerprint density at radius 3 is 2.19 bits per heavy atom. The van der Waals surface area contributed by atoms with Gasteiger partial charge in [-0.15, -0.1) is 0 Å². The standard InChI is InChI=1S/C19H28N2O4S/c1-15(20-11-13-25-14-12-20)16-7-9-21(10-8-16)19(22)17-3-5-18(6-4-17)26(2,23)24/h3-6,15-16H,7-14H2,1-2H3. The summed E-state index contributed by atoms with van der Waals surface area (Å²) in [6.45, 7) is 7.41. The van der Waals surface area contributed by atoms with Crippen LogP contribution >= 0.6 is 0 Å². The number of piperidine rings is 1. The Hall–Kier alpha value is -1.44. The first-order chi connectivity index (χ1) is 12.4. The molecule has 0 aromatic heterocycles. The number of hydrogen-bond acceptors (Lipinski definition) is 5. The highest BCUT2D eigenvalue weighted by molar-refractivity contribution is 7.90. The molecule has 2 heterocycles. The van der Waals surface area contributed by atoms with Gasteiger partial charge in [0.1, 0.15) is 0 Å². The van der Waals surface area contributed by atoms with E-state index in [1.165, 1.54) is 18.4 Å². The van der Waals surface area contributed by atoms with Crippen molar-refractivity contribution in [3.05, 3.63) is 29.8 Å². The number of morpholine rings is 1. The second kappa shape index (κ2) is 8.06. The van der Waals surface area contributed by atoms with E-state index in [0.29, 0.717) is 17.5 Å². The Balaban J connectivity index is 1.56. The number of benzene rings is 1. The molecule has 6 nitrogen and oxygen atoms in total. The lowest BCUT2D eigenvalue weighted by molar-refractivity contribution is -0.000951. The van der Waals surface area contributed by atoms with Gasteiger partial charge in [0.25, 0.3) is 5.91 Å². The van der Waals surface area contributed by atoms with Gasteiger partial charge in [-0.25, -0.2) is 8.42 Å². The van der Waals surface area contributed by atoms with E-state index in [4.69, 9.17) is 4.74 Å². The lowest BCUT2D eigenvalue weighted by Gasteiger charge is -2.41. The van der Waals surface area contributed by atoms with E-state index < -0.39 is 9.84 Å². The molecule has 1 aromatic rings. The van der Waals surface area contributed by atoms with Crippen molar-refractivity contribution in [2.24, 2.45) is 5.92 Å². The maximum absolute atomic E-state index is 12.7. The second-order valence-corrected chi connectivity index (χ2v) is 9.33. The molecule has 2 aliphatic heterocycles. The van der Waals surface area contributed by atoms with Crippen LogP contribution in [0.5, 0.6) is 0 Å². The van der Waals surface area contributed by atoms with E-state index in [1.54, 1.807) is 12.1 Å². The predicted octanol–water partition coefficient (Wildman–Crippen LogP) is 1.66. The molecule has 26 heavy (non-hydrogen) atoms. The Morgan fingerprint density at radius 1 is 1.08 bits per heavy atom. The molecule has 0 spiro atoms. The third-order valence-electron chi connectivity index (χ3n) is 5.66. The minimum Gasteiger partial charge on any atom is -0.379 e. The first-order valence-corrected chi connectivity index (χ1v) is 11.2. The quantitative estimate of drug-likeness (QED) is 0.795. The van der Waals surface area contributed by atoms with Gasteiger partial charge in [-0.2, -0.15) is 0 Å². The summed E-state index contributed by atoms with van der Waals surface area (Å²) in [6, 6.07) is 6.76. The van der Waals surface area contributed by atoms with E-state index in [-0.39, 0.29) is 10.8 Å². The van der Waals surface area contributed by atoms with Crippen LogP contribution in [0.25, 0.3) is 0 Å². The number of nitrogens with zero attached hydrogens (tertiary/aromatic N) is 2. The van der Waals surface area contributed by atoms with Gasteiger partial charge in [-0.1, -0.05) is 0 Å². The molecule has 2 fully saturated rings. The molecule has 1 amide bonds. The topological polar surface area (TPSA) is 66.9 Å². The van der Waals surface area contributed by atoms with Gasteiger partial charge in [-0.05, 0) is 49.9 Å². The van der Waals surface area contributed by atoms with Gasteiger partial charge in [0.2, 0.25) is 0 Å². The van der Waals surface area contributed by atoms with Crippen LogP contribution in [0.15, 0.2) is 29.2 Å². The highest BCUT2D eigenvalue weighted by atomic mass is 32.2. The van der Waals surface area contributed by atoms with Crippen molar-refractivity contribution >= 4 is 15.7 Å². The third kappa shape index (κ3) is 4.45.